The van der Waals surface area contributed by atoms with Crippen LogP contribution in [-0.2, 0) is 14.3 Å². The van der Waals surface area contributed by atoms with Gasteiger partial charge in [0.1, 0.15) is 11.1 Å². The Labute approximate surface area is 106 Å². The average molecular weight is 273 g/mol. The first kappa shape index (κ1) is 12.9. The molecule has 9 heteroatoms. The number of fused-ring (bicyclic) bond motifs is 1. The second-order valence-electron chi connectivity index (χ2n) is 3.76. The molecule has 0 aromatic heterocycles. The fourth-order valence-corrected chi connectivity index (χ4v) is 3.28. The zero-order valence-corrected chi connectivity index (χ0v) is 10.2. The number of hydrogen-bond donors (Lipinski definition) is 3. The van der Waals surface area contributed by atoms with Crippen molar-refractivity contribution in [3.63, 3.8) is 0 Å². The lowest BCUT2D eigenvalue weighted by Gasteiger charge is -2.53. The first-order valence-electron chi connectivity index (χ1n) is 4.90. The van der Waals surface area contributed by atoms with Gasteiger partial charge in [0.25, 0.3) is 5.91 Å². The van der Waals surface area contributed by atoms with Crippen LogP contribution in [-0.4, -0.2) is 57.3 Å². The largest absolute Gasteiger partial charge is 0.477 e. The van der Waals surface area contributed by atoms with E-state index in [0.717, 1.165) is 11.1 Å². The van der Waals surface area contributed by atoms with Gasteiger partial charge in [0.05, 0.1) is 6.21 Å². The molecule has 4 N–H and O–H groups in total. The van der Waals surface area contributed by atoms with E-state index in [1.54, 1.807) is 0 Å². The summed E-state index contributed by atoms with van der Waals surface area (Å²) >= 11 is 1.25. The van der Waals surface area contributed by atoms with Crippen molar-refractivity contribution in [3.8, 4) is 0 Å². The van der Waals surface area contributed by atoms with Crippen molar-refractivity contribution >= 4 is 29.9 Å². The number of ether oxygens (including phenoxy) is 1. The number of amides is 1. The second-order valence-corrected chi connectivity index (χ2v) is 4.83. The average Bonchev–Trinajstić information content (AvgIpc) is 2.36. The maximum absolute atomic E-state index is 11.9. The third-order valence-corrected chi connectivity index (χ3v) is 4.20. The number of nitrogens with two attached hydrogens (primary N) is 1. The molecule has 0 aliphatic carbocycles. The van der Waals surface area contributed by atoms with Gasteiger partial charge >= 0.3 is 5.97 Å². The molecule has 0 spiro atoms. The van der Waals surface area contributed by atoms with Gasteiger partial charge in [-0.15, -0.1) is 11.8 Å². The number of β-lactam (4-membered cyclic amide) rings is 1. The smallest absolute Gasteiger partial charge is 0.353 e. The van der Waals surface area contributed by atoms with Gasteiger partial charge in [0, 0.05) is 18.4 Å². The molecule has 0 aromatic carbocycles. The molecular weight excluding hydrogens is 262 g/mol. The fraction of sp³-hybridized carbons (Fsp3) is 0.444. The number of oxime groups is 1. The number of methoxy groups -OCH3 is 1. The molecule has 1 amide bonds. The van der Waals surface area contributed by atoms with Crippen molar-refractivity contribution in [2.24, 2.45) is 10.9 Å². The van der Waals surface area contributed by atoms with Gasteiger partial charge in [0.2, 0.25) is 5.72 Å². The van der Waals surface area contributed by atoms with E-state index >= 15 is 0 Å². The standard InChI is InChI=1S/C9H11N3O5S/c1-17-9(10)7(15)12-5(6(13)14)4(2-11-16)3-18-8(9)12/h2,8,16H,3,10H2,1H3,(H,13,14)/t8-,9-/m0/s1. The highest BCUT2D eigenvalue weighted by Crippen LogP contribution is 2.44. The number of aliphatic carboxylic acids is 1. The summed E-state index contributed by atoms with van der Waals surface area (Å²) in [6, 6.07) is 0. The lowest BCUT2D eigenvalue weighted by molar-refractivity contribution is -0.182. The monoisotopic (exact) mass is 273 g/mol. The van der Waals surface area contributed by atoms with Crippen LogP contribution in [0.4, 0.5) is 0 Å². The first-order valence-corrected chi connectivity index (χ1v) is 5.95. The molecule has 1 saturated heterocycles. The number of nitrogens with zero attached hydrogens (tertiary/aromatic N) is 2. The maximum atomic E-state index is 11.9. The fourth-order valence-electron chi connectivity index (χ4n) is 1.93. The van der Waals surface area contributed by atoms with E-state index in [4.69, 9.17) is 20.8 Å². The van der Waals surface area contributed by atoms with E-state index in [-0.39, 0.29) is 17.0 Å². The molecule has 0 radical (unpaired) electrons. The van der Waals surface area contributed by atoms with Gasteiger partial charge in [0.15, 0.2) is 0 Å². The highest BCUT2D eigenvalue weighted by molar-refractivity contribution is 8.00. The Hall–Kier alpha value is -1.58. The third-order valence-electron chi connectivity index (χ3n) is 2.85. The molecule has 1 fully saturated rings. The third kappa shape index (κ3) is 1.51. The van der Waals surface area contributed by atoms with E-state index in [9.17, 15) is 9.59 Å². The van der Waals surface area contributed by atoms with E-state index in [1.807, 2.05) is 0 Å². The van der Waals surface area contributed by atoms with E-state index in [0.29, 0.717) is 0 Å². The van der Waals surface area contributed by atoms with Crippen LogP contribution in [0.1, 0.15) is 0 Å². The molecule has 2 aliphatic rings. The quantitative estimate of drug-likeness (QED) is 0.198. The summed E-state index contributed by atoms with van der Waals surface area (Å²) < 4.78 is 4.95. The van der Waals surface area contributed by atoms with Crippen molar-refractivity contribution in [3.05, 3.63) is 11.3 Å². The Balaban J connectivity index is 2.43. The highest BCUT2D eigenvalue weighted by Gasteiger charge is 2.63. The Kier molecular flexibility index (Phi) is 3.05. The zero-order valence-electron chi connectivity index (χ0n) is 9.36. The van der Waals surface area contributed by atoms with Gasteiger partial charge in [-0.05, 0) is 0 Å². The van der Waals surface area contributed by atoms with Gasteiger partial charge in [-0.1, -0.05) is 5.16 Å². The Morgan fingerprint density at radius 3 is 2.94 bits per heavy atom. The van der Waals surface area contributed by atoms with Crippen molar-refractivity contribution in [1.82, 2.24) is 4.90 Å². The summed E-state index contributed by atoms with van der Waals surface area (Å²) in [6.45, 7) is 0. The molecule has 8 nitrogen and oxygen atoms in total. The molecule has 18 heavy (non-hydrogen) atoms. The summed E-state index contributed by atoms with van der Waals surface area (Å²) in [5.41, 5.74) is 4.28. The summed E-state index contributed by atoms with van der Waals surface area (Å²) in [4.78, 5) is 24.1. The summed E-state index contributed by atoms with van der Waals surface area (Å²) in [6.07, 6.45) is 1.00. The van der Waals surface area contributed by atoms with Gasteiger partial charge in [-0.25, -0.2) is 4.79 Å². The molecule has 2 aliphatic heterocycles. The highest BCUT2D eigenvalue weighted by atomic mass is 32.2. The summed E-state index contributed by atoms with van der Waals surface area (Å²) in [7, 11) is 1.30. The minimum Gasteiger partial charge on any atom is -0.477 e. The number of rotatable bonds is 3. The predicted octanol–water partition coefficient (Wildman–Crippen LogP) is -0.998. The topological polar surface area (TPSA) is 125 Å². The van der Waals surface area contributed by atoms with Crippen LogP contribution in [0.5, 0.6) is 0 Å². The van der Waals surface area contributed by atoms with Crippen molar-refractivity contribution < 1.29 is 24.6 Å². The Morgan fingerprint density at radius 2 is 2.44 bits per heavy atom. The Morgan fingerprint density at radius 1 is 1.78 bits per heavy atom. The number of carboxylic acids is 1. The molecule has 0 unspecified atom stereocenters. The number of carbonyl (C=O) groups excluding carboxylic acids is 1. The molecule has 2 rings (SSSR count). The number of carbonyl (C=O) groups is 2. The van der Waals surface area contributed by atoms with Crippen molar-refractivity contribution in [1.29, 1.82) is 0 Å². The minimum absolute atomic E-state index is 0.223. The number of hydrogen-bond acceptors (Lipinski definition) is 7. The van der Waals surface area contributed by atoms with Gasteiger partial charge in [-0.3, -0.25) is 15.4 Å². The van der Waals surface area contributed by atoms with E-state index < -0.39 is 23.0 Å². The van der Waals surface area contributed by atoms with Gasteiger partial charge < -0.3 is 15.1 Å². The molecule has 0 aromatic rings. The molecule has 0 bridgehead atoms. The summed E-state index contributed by atoms with van der Waals surface area (Å²) in [5.74, 6) is -1.63. The van der Waals surface area contributed by atoms with Crippen LogP contribution >= 0.6 is 11.8 Å². The van der Waals surface area contributed by atoms with Crippen LogP contribution < -0.4 is 5.73 Å². The van der Waals surface area contributed by atoms with Crippen molar-refractivity contribution in [2.75, 3.05) is 12.9 Å². The molecular formula is C9H11N3O5S. The molecule has 2 heterocycles. The van der Waals surface area contributed by atoms with Crippen LogP contribution in [0.2, 0.25) is 0 Å². The van der Waals surface area contributed by atoms with E-state index in [2.05, 4.69) is 5.16 Å². The first-order chi connectivity index (χ1) is 8.47. The summed E-state index contributed by atoms with van der Waals surface area (Å²) in [5, 5.41) is 19.8. The van der Waals surface area contributed by atoms with Crippen LogP contribution in [0, 0.1) is 0 Å². The lowest BCUT2D eigenvalue weighted by atomic mass is 10.00. The molecule has 0 saturated carbocycles. The molecule has 98 valence electrons. The molecule has 2 atom stereocenters. The SMILES string of the molecule is CO[C@@]1(N)C(=O)N2C(C(=O)O)=C(C=NO)CS[C@H]21. The van der Waals surface area contributed by atoms with Crippen LogP contribution in [0.3, 0.4) is 0 Å². The number of thioether (sulfide) groups is 1. The van der Waals surface area contributed by atoms with E-state index in [1.165, 1.54) is 18.9 Å². The Bertz CT molecular complexity index is 477. The lowest BCUT2D eigenvalue weighted by Crippen LogP contribution is -2.78. The normalized spacial score (nSPS) is 31.6. The van der Waals surface area contributed by atoms with Crippen LogP contribution in [0.25, 0.3) is 0 Å². The van der Waals surface area contributed by atoms with Crippen molar-refractivity contribution in [2.45, 2.75) is 11.1 Å². The minimum atomic E-state index is -1.49. The maximum Gasteiger partial charge on any atom is 0.353 e. The van der Waals surface area contributed by atoms with Gasteiger partial charge in [-0.2, -0.15) is 0 Å². The number of carboxylic acid groups (broad SMARTS) is 1. The van der Waals surface area contributed by atoms with Crippen LogP contribution in [0.15, 0.2) is 16.4 Å². The predicted molar refractivity (Wildman–Crippen MR) is 62.0 cm³/mol. The second kappa shape index (κ2) is 4.26. The zero-order chi connectivity index (χ0) is 13.5.